The summed E-state index contributed by atoms with van der Waals surface area (Å²) < 4.78 is 10.6. The van der Waals surface area contributed by atoms with Crippen molar-refractivity contribution in [1.82, 2.24) is 4.90 Å². The first-order chi connectivity index (χ1) is 12.8. The largest absolute Gasteiger partial charge is 0.491 e. The Kier molecular flexibility index (Phi) is 5.18. The highest BCUT2D eigenvalue weighted by Gasteiger charge is 2.42. The highest BCUT2D eigenvalue weighted by molar-refractivity contribution is 6.03. The Morgan fingerprint density at radius 2 is 1.85 bits per heavy atom. The molecule has 0 aromatic heterocycles. The van der Waals surface area contributed by atoms with Crippen LogP contribution in [0.4, 0.5) is 0 Å². The molecule has 0 saturated carbocycles. The molecule has 2 aromatic rings. The number of ether oxygens (including phenoxy) is 2. The predicted octanol–water partition coefficient (Wildman–Crippen LogP) is 2.95. The number of methoxy groups -OCH3 is 1. The van der Waals surface area contributed by atoms with Crippen LogP contribution < -0.4 is 4.74 Å². The highest BCUT2D eigenvalue weighted by Crippen LogP contribution is 2.31. The van der Waals surface area contributed by atoms with Crippen molar-refractivity contribution in [1.29, 1.82) is 0 Å². The van der Waals surface area contributed by atoms with Gasteiger partial charge >= 0.3 is 0 Å². The van der Waals surface area contributed by atoms with E-state index >= 15 is 0 Å². The van der Waals surface area contributed by atoms with Crippen molar-refractivity contribution < 1.29 is 14.3 Å². The fraction of sp³-hybridized carbons (Fsp3) is 0.381. The van der Waals surface area contributed by atoms with E-state index in [2.05, 4.69) is 34.3 Å². The van der Waals surface area contributed by atoms with E-state index in [0.717, 1.165) is 31.1 Å². The van der Waals surface area contributed by atoms with Crippen LogP contribution in [0.2, 0.25) is 0 Å². The van der Waals surface area contributed by atoms with Gasteiger partial charge in [-0.2, -0.15) is 0 Å². The van der Waals surface area contributed by atoms with Crippen molar-refractivity contribution in [2.45, 2.75) is 12.6 Å². The zero-order valence-electron chi connectivity index (χ0n) is 15.0. The van der Waals surface area contributed by atoms with Crippen LogP contribution in [0.3, 0.4) is 0 Å². The van der Waals surface area contributed by atoms with Crippen molar-refractivity contribution in [3.63, 3.8) is 0 Å². The molecule has 1 fully saturated rings. The molecule has 5 heteroatoms. The normalized spacial score (nSPS) is 22.0. The maximum Gasteiger partial charge on any atom is 0.149 e. The van der Waals surface area contributed by atoms with Gasteiger partial charge in [-0.3, -0.25) is 4.90 Å². The molecule has 136 valence electrons. The van der Waals surface area contributed by atoms with Crippen LogP contribution in [-0.4, -0.2) is 50.1 Å². The van der Waals surface area contributed by atoms with Crippen LogP contribution in [0.5, 0.6) is 5.75 Å². The Bertz CT molecular complexity index is 746. The first-order valence-corrected chi connectivity index (χ1v) is 9.05. The molecule has 0 radical (unpaired) electrons. The van der Waals surface area contributed by atoms with Crippen molar-refractivity contribution in [3.8, 4) is 5.75 Å². The van der Waals surface area contributed by atoms with Gasteiger partial charge in [0.1, 0.15) is 18.5 Å². The fourth-order valence-electron chi connectivity index (χ4n) is 3.61. The Hall–Kier alpha value is -2.37. The monoisotopic (exact) mass is 352 g/mol. The first-order valence-electron chi connectivity index (χ1n) is 9.05. The molecule has 0 spiro atoms. The number of hydrogen-bond donors (Lipinski definition) is 0. The van der Waals surface area contributed by atoms with E-state index in [4.69, 9.17) is 14.3 Å². The summed E-state index contributed by atoms with van der Waals surface area (Å²) in [6, 6.07) is 18.6. The van der Waals surface area contributed by atoms with Gasteiger partial charge in [0, 0.05) is 26.7 Å². The zero-order valence-corrected chi connectivity index (χ0v) is 15.0. The average molecular weight is 352 g/mol. The third-order valence-corrected chi connectivity index (χ3v) is 4.93. The van der Waals surface area contributed by atoms with Crippen molar-refractivity contribution in [2.75, 3.05) is 33.4 Å². The molecule has 5 nitrogen and oxygen atoms in total. The molecule has 0 amide bonds. The van der Waals surface area contributed by atoms with Gasteiger partial charge in [-0.25, -0.2) is 0 Å². The highest BCUT2D eigenvalue weighted by atomic mass is 16.6. The minimum atomic E-state index is 0.168. The average Bonchev–Trinajstić information content (AvgIpc) is 3.24. The van der Waals surface area contributed by atoms with Crippen LogP contribution >= 0.6 is 0 Å². The molecule has 2 aliphatic rings. The SMILES string of the molecule is COCCOc1ccc(CN2C[C@@H]3ON=C(c4ccccc4)[C@H]3C2)cc1. The second-order valence-corrected chi connectivity index (χ2v) is 6.77. The van der Waals surface area contributed by atoms with E-state index in [0.29, 0.717) is 19.1 Å². The summed E-state index contributed by atoms with van der Waals surface area (Å²) in [5.41, 5.74) is 3.53. The summed E-state index contributed by atoms with van der Waals surface area (Å²) in [5, 5.41) is 4.34. The fourth-order valence-corrected chi connectivity index (χ4v) is 3.61. The van der Waals surface area contributed by atoms with Crippen LogP contribution in [0.15, 0.2) is 59.8 Å². The summed E-state index contributed by atoms with van der Waals surface area (Å²) in [5.74, 6) is 1.24. The van der Waals surface area contributed by atoms with E-state index < -0.39 is 0 Å². The molecule has 26 heavy (non-hydrogen) atoms. The molecule has 0 bridgehead atoms. The molecule has 1 saturated heterocycles. The van der Waals surface area contributed by atoms with Crippen molar-refractivity contribution in [2.24, 2.45) is 11.1 Å². The van der Waals surface area contributed by atoms with Crippen LogP contribution in [0, 0.1) is 5.92 Å². The lowest BCUT2D eigenvalue weighted by atomic mass is 9.95. The summed E-state index contributed by atoms with van der Waals surface area (Å²) >= 11 is 0. The second-order valence-electron chi connectivity index (χ2n) is 6.77. The second kappa shape index (κ2) is 7.89. The van der Waals surface area contributed by atoms with Crippen LogP contribution in [0.25, 0.3) is 0 Å². The van der Waals surface area contributed by atoms with Crippen molar-refractivity contribution in [3.05, 3.63) is 65.7 Å². The minimum absolute atomic E-state index is 0.168. The molecule has 2 atom stereocenters. The van der Waals surface area contributed by atoms with E-state index in [9.17, 15) is 0 Å². The predicted molar refractivity (Wildman–Crippen MR) is 100 cm³/mol. The summed E-state index contributed by atoms with van der Waals surface area (Å²) in [6.07, 6.45) is 0.168. The molecule has 0 aliphatic carbocycles. The Balaban J connectivity index is 1.34. The number of oxime groups is 1. The summed E-state index contributed by atoms with van der Waals surface area (Å²) in [6.45, 7) is 3.98. The third kappa shape index (κ3) is 3.74. The first kappa shape index (κ1) is 17.1. The molecular weight excluding hydrogens is 328 g/mol. The van der Waals surface area contributed by atoms with Crippen LogP contribution in [0.1, 0.15) is 11.1 Å². The Morgan fingerprint density at radius 1 is 1.04 bits per heavy atom. The number of likely N-dealkylation sites (tertiary alicyclic amines) is 1. The number of benzene rings is 2. The topological polar surface area (TPSA) is 43.3 Å². The number of fused-ring (bicyclic) bond motifs is 1. The standard InChI is InChI=1S/C21H24N2O3/c1-24-11-12-25-18-9-7-16(8-10-18)13-23-14-19-20(15-23)26-22-21(19)17-5-3-2-4-6-17/h2-10,19-20H,11-15H2,1H3/t19-,20-/m0/s1. The molecule has 2 heterocycles. The maximum atomic E-state index is 5.70. The molecule has 4 rings (SSSR count). The molecule has 0 unspecified atom stereocenters. The van der Waals surface area contributed by atoms with Crippen molar-refractivity contribution >= 4 is 5.71 Å². The van der Waals surface area contributed by atoms with Gasteiger partial charge in [-0.15, -0.1) is 0 Å². The lowest BCUT2D eigenvalue weighted by molar-refractivity contribution is 0.0745. The number of hydrogen-bond acceptors (Lipinski definition) is 5. The maximum absolute atomic E-state index is 5.70. The minimum Gasteiger partial charge on any atom is -0.491 e. The number of nitrogens with zero attached hydrogens (tertiary/aromatic N) is 2. The summed E-state index contributed by atoms with van der Waals surface area (Å²) in [7, 11) is 1.68. The van der Waals surface area contributed by atoms with Gasteiger partial charge in [0.25, 0.3) is 0 Å². The van der Waals surface area contributed by atoms with E-state index in [1.807, 2.05) is 30.3 Å². The summed E-state index contributed by atoms with van der Waals surface area (Å²) in [4.78, 5) is 8.14. The van der Waals surface area contributed by atoms with Gasteiger partial charge < -0.3 is 14.3 Å². The van der Waals surface area contributed by atoms with E-state index in [1.54, 1.807) is 7.11 Å². The smallest absolute Gasteiger partial charge is 0.149 e. The molecule has 2 aromatic carbocycles. The molecular formula is C21H24N2O3. The Labute approximate surface area is 154 Å². The molecule has 2 aliphatic heterocycles. The van der Waals surface area contributed by atoms with Gasteiger partial charge in [0.15, 0.2) is 0 Å². The van der Waals surface area contributed by atoms with E-state index in [1.165, 1.54) is 11.1 Å². The zero-order chi connectivity index (χ0) is 17.8. The lowest BCUT2D eigenvalue weighted by Crippen LogP contribution is -2.23. The Morgan fingerprint density at radius 3 is 2.62 bits per heavy atom. The molecule has 0 N–H and O–H groups in total. The van der Waals surface area contributed by atoms with Crippen LogP contribution in [-0.2, 0) is 16.1 Å². The van der Waals surface area contributed by atoms with Gasteiger partial charge in [0.05, 0.1) is 18.2 Å². The third-order valence-electron chi connectivity index (χ3n) is 4.93. The van der Waals surface area contributed by atoms with Gasteiger partial charge in [-0.05, 0) is 23.3 Å². The van der Waals surface area contributed by atoms with Gasteiger partial charge in [0.2, 0.25) is 0 Å². The van der Waals surface area contributed by atoms with Gasteiger partial charge in [-0.1, -0.05) is 47.6 Å². The van der Waals surface area contributed by atoms with E-state index in [-0.39, 0.29) is 6.10 Å². The lowest BCUT2D eigenvalue weighted by Gasteiger charge is -2.16. The number of rotatable bonds is 7. The quantitative estimate of drug-likeness (QED) is 0.719.